The first-order valence-electron chi connectivity index (χ1n) is 13.6. The van der Waals surface area contributed by atoms with Gasteiger partial charge in [-0.3, -0.25) is 9.79 Å². The van der Waals surface area contributed by atoms with Crippen LogP contribution in [-0.4, -0.2) is 77.2 Å². The summed E-state index contributed by atoms with van der Waals surface area (Å²) in [6.07, 6.45) is 6.36. The molecule has 0 aliphatic carbocycles. The van der Waals surface area contributed by atoms with Gasteiger partial charge in [0, 0.05) is 43.6 Å². The quantitative estimate of drug-likeness (QED) is 0.126. The largest absolute Gasteiger partial charge is 0.506 e. The molecule has 11 nitrogen and oxygen atoms in total. The maximum Gasteiger partial charge on any atom is 0.405 e. The number of fused-ring (bicyclic) bond motifs is 2. The number of hydrogen-bond donors (Lipinski definition) is 6. The first-order chi connectivity index (χ1) is 19.8. The number of allylic oxidation sites excluding steroid dienone is 3. The number of aliphatic hydroxyl groups excluding tert-OH is 1. The minimum absolute atomic E-state index is 0.00385. The second-order valence-corrected chi connectivity index (χ2v) is 10.5. The normalized spacial score (nSPS) is 26.3. The molecule has 230 valence electrons. The van der Waals surface area contributed by atoms with Crippen molar-refractivity contribution in [2.45, 2.75) is 64.9 Å². The summed E-state index contributed by atoms with van der Waals surface area (Å²) in [6.45, 7) is 10.6. The number of nitrogens with one attached hydrogen (secondary N) is 2. The number of aliphatic hydroxyl groups is 1. The summed E-state index contributed by atoms with van der Waals surface area (Å²) in [4.78, 5) is 28.8. The van der Waals surface area contributed by atoms with E-state index in [1.165, 1.54) is 38.7 Å². The van der Waals surface area contributed by atoms with Crippen molar-refractivity contribution in [1.82, 2.24) is 5.32 Å². The lowest BCUT2D eigenvalue weighted by Gasteiger charge is -2.30. The predicted octanol–water partition coefficient (Wildman–Crippen LogP) is 4.62. The van der Waals surface area contributed by atoms with Crippen molar-refractivity contribution in [3.05, 3.63) is 59.7 Å². The molecule has 11 heteroatoms. The molecule has 0 aromatic heterocycles. The summed E-state index contributed by atoms with van der Waals surface area (Å²) in [5, 5.41) is 47.8. The number of benzene rings is 1. The Morgan fingerprint density at radius 3 is 2.50 bits per heavy atom. The zero-order valence-electron chi connectivity index (χ0n) is 25.0. The summed E-state index contributed by atoms with van der Waals surface area (Å²) in [5.41, 5.74) is 1.36. The van der Waals surface area contributed by atoms with E-state index >= 15 is 0 Å². The first-order valence-corrected chi connectivity index (χ1v) is 13.6. The van der Waals surface area contributed by atoms with Crippen molar-refractivity contribution in [2.24, 2.45) is 16.8 Å². The van der Waals surface area contributed by atoms with Gasteiger partial charge in [-0.2, -0.15) is 0 Å². The van der Waals surface area contributed by atoms with E-state index in [9.17, 15) is 30.0 Å². The predicted molar refractivity (Wildman–Crippen MR) is 163 cm³/mol. The molecule has 1 aliphatic rings. The molecule has 0 saturated heterocycles. The molecule has 2 bridgehead atoms. The highest BCUT2D eigenvalue weighted by Crippen LogP contribution is 2.44. The molecule has 42 heavy (non-hydrogen) atoms. The van der Waals surface area contributed by atoms with Gasteiger partial charge in [-0.1, -0.05) is 56.4 Å². The number of carbonyl (C=O) groups is 2. The van der Waals surface area contributed by atoms with Gasteiger partial charge in [0.25, 0.3) is 5.91 Å². The van der Waals surface area contributed by atoms with Gasteiger partial charge in [0.2, 0.25) is 0 Å². The lowest BCUT2D eigenvalue weighted by molar-refractivity contribution is -0.112. The number of methoxy groups -OCH3 is 2. The van der Waals surface area contributed by atoms with Crippen LogP contribution in [0.5, 0.6) is 11.5 Å². The minimum atomic E-state index is -1.24. The molecular weight excluding hydrogens is 542 g/mol. The number of aliphatic imine (C=N–C) groups is 1. The smallest absolute Gasteiger partial charge is 0.405 e. The van der Waals surface area contributed by atoms with Gasteiger partial charge in [-0.15, -0.1) is 0 Å². The Hall–Kier alpha value is -3.93. The number of ether oxygens (including phenoxy) is 2. The number of carbonyl (C=O) groups excluding carboxylic acids is 1. The fourth-order valence-electron chi connectivity index (χ4n) is 4.94. The van der Waals surface area contributed by atoms with Crippen LogP contribution in [0, 0.1) is 11.8 Å². The summed E-state index contributed by atoms with van der Waals surface area (Å²) in [7, 11) is 2.93. The van der Waals surface area contributed by atoms with Crippen LogP contribution in [0.25, 0.3) is 0 Å². The highest BCUT2D eigenvalue weighted by molar-refractivity contribution is 6.04. The number of anilines is 1. The molecule has 6 N–H and O–H groups in total. The van der Waals surface area contributed by atoms with Gasteiger partial charge in [0.05, 0.1) is 30.0 Å². The third-order valence-corrected chi connectivity index (χ3v) is 7.22. The third-order valence-electron chi connectivity index (χ3n) is 7.22. The SMILES string of the molecule is C=CC=Nc1c(O)cc2c(O)c1C[C@H](C)C[C@H](OC)[C@H](O)[C@@H](C)C=C(C)[C@@H](NC(=O)O)[C@@H](OC)C=CC=C(C)C(=O)N2. The van der Waals surface area contributed by atoms with Crippen LogP contribution in [0.3, 0.4) is 0 Å². The molecule has 2 rings (SSSR count). The highest BCUT2D eigenvalue weighted by atomic mass is 16.5. The second-order valence-electron chi connectivity index (χ2n) is 10.5. The molecule has 0 unspecified atom stereocenters. The maximum atomic E-state index is 13.0. The minimum Gasteiger partial charge on any atom is -0.506 e. The van der Waals surface area contributed by atoms with Crippen LogP contribution in [0.4, 0.5) is 16.2 Å². The van der Waals surface area contributed by atoms with Crippen LogP contribution < -0.4 is 10.6 Å². The fourth-order valence-corrected chi connectivity index (χ4v) is 4.94. The number of rotatable bonds is 5. The van der Waals surface area contributed by atoms with E-state index < -0.39 is 42.3 Å². The monoisotopic (exact) mass is 585 g/mol. The van der Waals surface area contributed by atoms with Crippen molar-refractivity contribution < 1.29 is 39.5 Å². The number of carboxylic acid groups (broad SMARTS) is 1. The summed E-state index contributed by atoms with van der Waals surface area (Å²) >= 11 is 0. The molecule has 1 heterocycles. The van der Waals surface area contributed by atoms with Gasteiger partial charge in [-0.05, 0) is 32.6 Å². The Balaban J connectivity index is 2.69. The second kappa shape index (κ2) is 15.9. The molecule has 2 amide bonds. The highest BCUT2D eigenvalue weighted by Gasteiger charge is 2.29. The van der Waals surface area contributed by atoms with Crippen LogP contribution in [0.1, 0.15) is 39.7 Å². The van der Waals surface area contributed by atoms with Crippen LogP contribution in [0.2, 0.25) is 0 Å². The lowest BCUT2D eigenvalue weighted by Crippen LogP contribution is -2.44. The van der Waals surface area contributed by atoms with Gasteiger partial charge in [0.15, 0.2) is 0 Å². The first kappa shape index (κ1) is 34.3. The Labute approximate surface area is 247 Å². The van der Waals surface area contributed by atoms with Crippen LogP contribution in [0.15, 0.2) is 59.2 Å². The molecule has 1 aromatic carbocycles. The third kappa shape index (κ3) is 9.04. The number of nitrogens with zero attached hydrogens (tertiary/aromatic N) is 1. The van der Waals surface area contributed by atoms with E-state index in [4.69, 9.17) is 9.47 Å². The average Bonchev–Trinajstić information content (AvgIpc) is 2.94. The number of amides is 2. The average molecular weight is 586 g/mol. The molecule has 1 aromatic rings. The molecule has 0 spiro atoms. The Morgan fingerprint density at radius 2 is 1.90 bits per heavy atom. The van der Waals surface area contributed by atoms with Crippen molar-refractivity contribution in [1.29, 1.82) is 0 Å². The van der Waals surface area contributed by atoms with E-state index in [2.05, 4.69) is 22.2 Å². The van der Waals surface area contributed by atoms with Crippen LogP contribution in [-0.2, 0) is 20.7 Å². The van der Waals surface area contributed by atoms with Gasteiger partial charge in [-0.25, -0.2) is 4.79 Å². The van der Waals surface area contributed by atoms with Gasteiger partial charge >= 0.3 is 6.09 Å². The molecule has 1 aliphatic heterocycles. The van der Waals surface area contributed by atoms with Crippen LogP contribution >= 0.6 is 0 Å². The Kier molecular flexibility index (Phi) is 13.0. The lowest BCUT2D eigenvalue weighted by atomic mass is 9.87. The number of phenols is 2. The van der Waals surface area contributed by atoms with E-state index in [-0.39, 0.29) is 40.8 Å². The number of aromatic hydroxyl groups is 2. The summed E-state index contributed by atoms with van der Waals surface area (Å²) in [6, 6.07) is 0.447. The summed E-state index contributed by atoms with van der Waals surface area (Å²) < 4.78 is 11.2. The molecular formula is C31H43N3O8. The van der Waals surface area contributed by atoms with Gasteiger partial charge in [0.1, 0.15) is 17.2 Å². The van der Waals surface area contributed by atoms with E-state index in [1.54, 1.807) is 32.1 Å². The fraction of sp³-hybridized carbons (Fsp3) is 0.452. The van der Waals surface area contributed by atoms with Crippen molar-refractivity contribution >= 4 is 29.6 Å². The maximum absolute atomic E-state index is 13.0. The molecule has 0 fully saturated rings. The zero-order chi connectivity index (χ0) is 31.6. The standard InChI is InChI=1S/C31H43N3O8/c1-8-12-32-27-21-13-17(2)14-25(42-7)28(36)20(5)15-19(4)26(34-31(39)40)24(41-6)11-9-10-18(3)30(38)33-22(29(21)37)16-23(27)35/h8-12,15-17,20,24-26,28,34-37H,1,13-14H2,2-7H3,(H,33,38)(H,39,40)/t17-,20-,24-,25-,26+,28+/m0/s1. The van der Waals surface area contributed by atoms with Crippen molar-refractivity contribution in [3.8, 4) is 11.5 Å². The Bertz CT molecular complexity index is 1250. The number of hydrogen-bond acceptors (Lipinski definition) is 8. The van der Waals surface area contributed by atoms with E-state index in [0.717, 1.165) is 0 Å². The topological polar surface area (TPSA) is 170 Å². The zero-order valence-corrected chi connectivity index (χ0v) is 25.0. The van der Waals surface area contributed by atoms with Crippen molar-refractivity contribution in [3.63, 3.8) is 0 Å². The molecule has 0 saturated carbocycles. The summed E-state index contributed by atoms with van der Waals surface area (Å²) in [5.74, 6) is -1.62. The van der Waals surface area contributed by atoms with E-state index in [1.807, 2.05) is 13.8 Å². The molecule has 6 atom stereocenters. The number of phenolic OH excluding ortho intramolecular Hbond substituents is 2. The van der Waals surface area contributed by atoms with E-state index in [0.29, 0.717) is 17.6 Å². The Morgan fingerprint density at radius 1 is 1.21 bits per heavy atom. The molecule has 0 radical (unpaired) electrons. The van der Waals surface area contributed by atoms with Crippen molar-refractivity contribution in [2.75, 3.05) is 19.5 Å². The van der Waals surface area contributed by atoms with Gasteiger partial charge < -0.3 is 40.5 Å².